The van der Waals surface area contributed by atoms with Crippen LogP contribution in [0.2, 0.25) is 0 Å². The molecule has 0 aliphatic carbocycles. The summed E-state index contributed by atoms with van der Waals surface area (Å²) in [6.07, 6.45) is 3.45. The molecule has 0 saturated carbocycles. The lowest BCUT2D eigenvalue weighted by Gasteiger charge is -2.28. The number of phosphoric ester groups is 1. The topological polar surface area (TPSA) is 316 Å². The lowest BCUT2D eigenvalue weighted by Crippen LogP contribution is -2.52. The van der Waals surface area contributed by atoms with Gasteiger partial charge in [0.1, 0.15) is 23.7 Å². The van der Waals surface area contributed by atoms with E-state index < -0.39 is 105 Å². The summed E-state index contributed by atoms with van der Waals surface area (Å²) in [6, 6.07) is 5.80. The number of aryl methyl sites for hydroxylation is 1. The quantitative estimate of drug-likeness (QED) is 0.0273. The number of Topliss-reactive ketones (excluding diaryl/α,β-unsaturated/α-hetero) is 4. The number of aliphatic hydroxyl groups excluding tert-OH is 1. The largest absolute Gasteiger partial charge is 0.469 e. The fourth-order valence-electron chi connectivity index (χ4n) is 8.15. The van der Waals surface area contributed by atoms with Crippen LogP contribution in [0.5, 0.6) is 0 Å². The number of thiol groups is 1. The number of amides is 3. The molecule has 2 aromatic rings. The molecule has 1 aliphatic heterocycles. The van der Waals surface area contributed by atoms with Gasteiger partial charge in [-0.25, -0.2) is 9.55 Å². The Morgan fingerprint density at radius 1 is 0.901 bits per heavy atom. The number of ether oxygens (including phenoxy) is 3. The number of nitrogens with one attached hydrogen (secondary N) is 3. The monoisotopic (exact) mass is 1040 g/mol. The summed E-state index contributed by atoms with van der Waals surface area (Å²) in [5, 5.41) is 15.5. The van der Waals surface area contributed by atoms with Crippen LogP contribution in [0, 0.1) is 17.8 Å². The molecule has 1 aromatic carbocycles. The van der Waals surface area contributed by atoms with Crippen molar-refractivity contribution in [3.8, 4) is 0 Å². The van der Waals surface area contributed by atoms with Crippen molar-refractivity contribution in [3.63, 3.8) is 0 Å². The highest BCUT2D eigenvalue weighted by Crippen LogP contribution is 2.39. The number of hydrogen-bond acceptors (Lipinski definition) is 16. The third-order valence-corrected chi connectivity index (χ3v) is 13.0. The molecule has 3 amide bonds. The van der Waals surface area contributed by atoms with Crippen molar-refractivity contribution >= 4 is 61.3 Å². The first-order valence-electron chi connectivity index (χ1n) is 24.2. The molecule has 71 heavy (non-hydrogen) atoms. The number of carbonyl (C=O) groups is 7. The number of H-pyrrole nitrogens is 1. The van der Waals surface area contributed by atoms with Gasteiger partial charge in [0.25, 0.3) is 0 Å². The van der Waals surface area contributed by atoms with Crippen molar-refractivity contribution in [2.75, 3.05) is 51.9 Å². The summed E-state index contributed by atoms with van der Waals surface area (Å²) in [7, 11) is -5.03. The van der Waals surface area contributed by atoms with Gasteiger partial charge in [-0.1, -0.05) is 44.2 Å². The third-order valence-electron chi connectivity index (χ3n) is 12.0. The number of benzene rings is 1. The number of hydrogen-bond donors (Lipinski definition) is 8. The van der Waals surface area contributed by atoms with Crippen LogP contribution in [-0.4, -0.2) is 159 Å². The first kappa shape index (κ1) is 61.1. The molecular formula is C48H75N6O15PS. The van der Waals surface area contributed by atoms with Crippen LogP contribution >= 0.6 is 20.5 Å². The summed E-state index contributed by atoms with van der Waals surface area (Å²) in [5.41, 5.74) is 7.38. The number of rotatable bonds is 37. The molecule has 398 valence electrons. The van der Waals surface area contributed by atoms with E-state index in [1.807, 2.05) is 32.0 Å². The standard InChI is InChI=1S/C48H75N6O15PS/c1-31(2)21-40(44(58)23-35(22-36-26-50-30-51-36)47(61)53-41(28-55)45(59)25-38(32(3)56)33(4)69-70(63,64)65)52-48(62)42-24-37(68-17-9-8-13-34-11-6-5-7-12-34)27-54(42)46(60)15-18-67-20-19-66-16-10-14-43(57)39(49)29-71/h5-7,11-12,26,30-31,33,35,37-42,55,71H,8-10,13-25,27-29,49H2,1-4H3,(H,50,51)(H,52,62)(H,53,61)(H2,63,64,65)/t33?,35-,37-,38-,39+,40+,41+,42+/m1/s1. The number of nitrogens with two attached hydrogens (primary N) is 1. The second-order valence-corrected chi connectivity index (χ2v) is 19.9. The zero-order valence-corrected chi connectivity index (χ0v) is 43.1. The Balaban J connectivity index is 1.72. The van der Waals surface area contributed by atoms with Crippen LogP contribution in [0.1, 0.15) is 96.7 Å². The van der Waals surface area contributed by atoms with Gasteiger partial charge < -0.3 is 55.4 Å². The number of aromatic nitrogens is 2. The van der Waals surface area contributed by atoms with E-state index in [-0.39, 0.29) is 81.8 Å². The van der Waals surface area contributed by atoms with E-state index in [1.165, 1.54) is 29.9 Å². The van der Waals surface area contributed by atoms with Gasteiger partial charge in [0.05, 0.1) is 75.3 Å². The van der Waals surface area contributed by atoms with Crippen LogP contribution in [0.15, 0.2) is 42.9 Å². The molecule has 1 aromatic heterocycles. The average molecular weight is 1040 g/mol. The molecular weight excluding hydrogens is 964 g/mol. The number of imidazole rings is 1. The zero-order chi connectivity index (χ0) is 52.5. The van der Waals surface area contributed by atoms with E-state index in [9.17, 15) is 53.0 Å². The Kier molecular flexibility index (Phi) is 27.6. The molecule has 0 bridgehead atoms. The summed E-state index contributed by atoms with van der Waals surface area (Å²) < 4.78 is 33.5. The second-order valence-electron chi connectivity index (χ2n) is 18.3. The Morgan fingerprint density at radius 2 is 1.59 bits per heavy atom. The highest BCUT2D eigenvalue weighted by molar-refractivity contribution is 7.80. The highest BCUT2D eigenvalue weighted by Gasteiger charge is 2.42. The van der Waals surface area contributed by atoms with Gasteiger partial charge in [-0.05, 0) is 57.4 Å². The first-order valence-corrected chi connectivity index (χ1v) is 26.4. The minimum absolute atomic E-state index is 0.0462. The van der Waals surface area contributed by atoms with Crippen LogP contribution in [0.3, 0.4) is 0 Å². The average Bonchev–Trinajstić information content (AvgIpc) is 4.01. The van der Waals surface area contributed by atoms with E-state index in [4.69, 9.17) is 19.9 Å². The predicted octanol–water partition coefficient (Wildman–Crippen LogP) is 2.24. The van der Waals surface area contributed by atoms with E-state index in [2.05, 4.69) is 49.9 Å². The van der Waals surface area contributed by atoms with Crippen molar-refractivity contribution in [1.29, 1.82) is 0 Å². The Hall–Kier alpha value is -4.22. The van der Waals surface area contributed by atoms with Gasteiger partial charge in [-0.15, -0.1) is 0 Å². The molecule has 8 atom stereocenters. The van der Waals surface area contributed by atoms with Crippen LogP contribution in [-0.2, 0) is 69.7 Å². The van der Waals surface area contributed by atoms with Gasteiger partial charge >= 0.3 is 7.82 Å². The van der Waals surface area contributed by atoms with Crippen LogP contribution in [0.4, 0.5) is 0 Å². The van der Waals surface area contributed by atoms with Crippen molar-refractivity contribution in [1.82, 2.24) is 25.5 Å². The Morgan fingerprint density at radius 3 is 2.21 bits per heavy atom. The van der Waals surface area contributed by atoms with E-state index >= 15 is 0 Å². The summed E-state index contributed by atoms with van der Waals surface area (Å²) in [6.45, 7) is 6.51. The normalized spacial score (nSPS) is 17.5. The number of unbranched alkanes of at least 4 members (excludes halogenated alkanes) is 1. The minimum Gasteiger partial charge on any atom is -0.394 e. The fourth-order valence-corrected chi connectivity index (χ4v) is 8.93. The van der Waals surface area contributed by atoms with Gasteiger partial charge in [0.15, 0.2) is 11.6 Å². The molecule has 2 heterocycles. The molecule has 1 aliphatic rings. The lowest BCUT2D eigenvalue weighted by atomic mass is 9.89. The number of carbonyl (C=O) groups excluding carboxylic acids is 7. The fraction of sp³-hybridized carbons (Fsp3) is 0.667. The molecule has 0 radical (unpaired) electrons. The summed E-state index contributed by atoms with van der Waals surface area (Å²) in [4.78, 5) is 121. The van der Waals surface area contributed by atoms with Crippen molar-refractivity contribution in [2.24, 2.45) is 23.5 Å². The van der Waals surface area contributed by atoms with Crippen molar-refractivity contribution in [2.45, 2.75) is 135 Å². The van der Waals surface area contributed by atoms with Crippen molar-refractivity contribution < 1.29 is 71.8 Å². The lowest BCUT2D eigenvalue weighted by molar-refractivity contribution is -0.140. The number of phosphoric acid groups is 1. The minimum atomic E-state index is -5.03. The van der Waals surface area contributed by atoms with Gasteiger partial charge in [0, 0.05) is 69.5 Å². The number of ketones is 4. The molecule has 3 rings (SSSR count). The SMILES string of the molecule is CC(=O)[C@@H](CC(=O)[C@H](CO)NC(=O)[C@@H](CC(=O)[C@H](CC(C)C)NC(=O)[C@@H]1C[C@@H](OCCCCc2ccccc2)CN1C(=O)CCOCCOCCCC(=O)[C@@H](N)CS)Cc1cnc[nH]1)C(C)OP(=O)(O)O. The van der Waals surface area contributed by atoms with E-state index in [1.54, 1.807) is 0 Å². The molecule has 23 heteroatoms. The maximum atomic E-state index is 14.3. The molecule has 1 unspecified atom stereocenters. The second kappa shape index (κ2) is 32.1. The van der Waals surface area contributed by atoms with E-state index in [0.717, 1.165) is 26.2 Å². The van der Waals surface area contributed by atoms with Gasteiger partial charge in [-0.3, -0.25) is 38.1 Å². The number of nitrogens with zero attached hydrogens (tertiary/aromatic N) is 2. The third kappa shape index (κ3) is 23.0. The smallest absolute Gasteiger partial charge is 0.394 e. The molecule has 1 saturated heterocycles. The number of aliphatic hydroxyl groups is 1. The maximum absolute atomic E-state index is 14.3. The predicted molar refractivity (Wildman–Crippen MR) is 264 cm³/mol. The molecule has 8 N–H and O–H groups in total. The maximum Gasteiger partial charge on any atom is 0.469 e. The van der Waals surface area contributed by atoms with Gasteiger partial charge in [-0.2, -0.15) is 12.6 Å². The highest BCUT2D eigenvalue weighted by atomic mass is 32.1. The number of aromatic amines is 1. The first-order chi connectivity index (χ1) is 33.7. The molecule has 21 nitrogen and oxygen atoms in total. The zero-order valence-electron chi connectivity index (χ0n) is 41.3. The number of likely N-dealkylation sites (tertiary alicyclic amines) is 1. The summed E-state index contributed by atoms with van der Waals surface area (Å²) in [5.74, 6) is -6.08. The van der Waals surface area contributed by atoms with Gasteiger partial charge in [0.2, 0.25) is 17.7 Å². The van der Waals surface area contributed by atoms with Crippen molar-refractivity contribution in [3.05, 3.63) is 54.1 Å². The van der Waals surface area contributed by atoms with E-state index in [0.29, 0.717) is 25.3 Å². The van der Waals surface area contributed by atoms with Crippen LogP contribution < -0.4 is 16.4 Å². The molecule has 1 fully saturated rings. The molecule has 0 spiro atoms. The Bertz CT molecular complexity index is 2030. The summed E-state index contributed by atoms with van der Waals surface area (Å²) >= 11 is 4.04. The van der Waals surface area contributed by atoms with Crippen LogP contribution in [0.25, 0.3) is 0 Å². The Labute approximate surface area is 421 Å².